The first-order valence-corrected chi connectivity index (χ1v) is 13.8. The number of aryl methyl sites for hydroxylation is 1. The van der Waals surface area contributed by atoms with Crippen LogP contribution in [-0.4, -0.2) is 35.5 Å². The van der Waals surface area contributed by atoms with Gasteiger partial charge in [-0.15, -0.1) is 0 Å². The molecule has 0 saturated heterocycles. The normalized spacial score (nSPS) is 11.6. The standard InChI is InChI=1S/C23H24ClN3O5S2/c1-16-6-4-7-19(14-16)27(33(3,29)30)15-23(28)25-18-10-12-20(13-11-18)34(31,32)26-22-9-5-8-21(24)17(22)2/h4-14,26H,15H2,1-3H3,(H,25,28). The largest absolute Gasteiger partial charge is 0.325 e. The van der Waals surface area contributed by atoms with Crippen LogP contribution in [-0.2, 0) is 24.8 Å². The zero-order valence-corrected chi connectivity index (χ0v) is 21.1. The second-order valence-corrected chi connectivity index (χ2v) is 11.7. The molecule has 0 aliphatic rings. The zero-order valence-electron chi connectivity index (χ0n) is 18.7. The van der Waals surface area contributed by atoms with Gasteiger partial charge in [-0.05, 0) is 73.5 Å². The van der Waals surface area contributed by atoms with Crippen LogP contribution in [0.15, 0.2) is 71.6 Å². The Morgan fingerprint density at radius 3 is 2.21 bits per heavy atom. The molecule has 3 aromatic rings. The molecule has 0 aromatic heterocycles. The van der Waals surface area contributed by atoms with Gasteiger partial charge in [-0.25, -0.2) is 16.8 Å². The maximum atomic E-state index is 12.7. The van der Waals surface area contributed by atoms with Crippen LogP contribution in [0.25, 0.3) is 0 Å². The minimum atomic E-state index is -3.89. The van der Waals surface area contributed by atoms with E-state index in [-0.39, 0.29) is 4.90 Å². The predicted molar refractivity (Wildman–Crippen MR) is 135 cm³/mol. The van der Waals surface area contributed by atoms with Crippen LogP contribution in [0.3, 0.4) is 0 Å². The van der Waals surface area contributed by atoms with E-state index in [0.29, 0.717) is 27.6 Å². The van der Waals surface area contributed by atoms with E-state index in [4.69, 9.17) is 11.6 Å². The lowest BCUT2D eigenvalue weighted by Gasteiger charge is -2.22. The zero-order chi connectivity index (χ0) is 25.1. The highest BCUT2D eigenvalue weighted by atomic mass is 35.5. The average molecular weight is 522 g/mol. The van der Waals surface area contributed by atoms with Gasteiger partial charge in [-0.1, -0.05) is 29.8 Å². The van der Waals surface area contributed by atoms with Gasteiger partial charge in [-0.3, -0.25) is 13.8 Å². The molecule has 0 radical (unpaired) electrons. The third kappa shape index (κ3) is 6.28. The fourth-order valence-electron chi connectivity index (χ4n) is 3.15. The molecule has 11 heteroatoms. The molecule has 3 aromatic carbocycles. The first-order chi connectivity index (χ1) is 15.9. The molecule has 0 bridgehead atoms. The smallest absolute Gasteiger partial charge is 0.261 e. The molecule has 0 spiro atoms. The van der Waals surface area contributed by atoms with Crippen LogP contribution in [0.1, 0.15) is 11.1 Å². The Kier molecular flexibility index (Phi) is 7.54. The number of carbonyl (C=O) groups excluding carboxylic acids is 1. The van der Waals surface area contributed by atoms with Crippen LogP contribution in [0.4, 0.5) is 17.1 Å². The Morgan fingerprint density at radius 2 is 1.59 bits per heavy atom. The molecule has 1 amide bonds. The van der Waals surface area contributed by atoms with E-state index in [0.717, 1.165) is 16.1 Å². The van der Waals surface area contributed by atoms with Gasteiger partial charge in [0, 0.05) is 10.7 Å². The van der Waals surface area contributed by atoms with Crippen molar-refractivity contribution in [2.75, 3.05) is 27.1 Å². The highest BCUT2D eigenvalue weighted by molar-refractivity contribution is 7.92. The van der Waals surface area contributed by atoms with E-state index in [1.165, 1.54) is 24.3 Å². The summed E-state index contributed by atoms with van der Waals surface area (Å²) in [5.41, 5.74) is 2.51. The van der Waals surface area contributed by atoms with Gasteiger partial charge < -0.3 is 5.32 Å². The first-order valence-electron chi connectivity index (χ1n) is 10.1. The van der Waals surface area contributed by atoms with Gasteiger partial charge in [0.15, 0.2) is 0 Å². The minimum Gasteiger partial charge on any atom is -0.325 e. The highest BCUT2D eigenvalue weighted by Crippen LogP contribution is 2.26. The second-order valence-electron chi connectivity index (χ2n) is 7.70. The number of sulfonamides is 2. The van der Waals surface area contributed by atoms with Gasteiger partial charge in [0.2, 0.25) is 15.9 Å². The van der Waals surface area contributed by atoms with Gasteiger partial charge in [0.25, 0.3) is 10.0 Å². The molecule has 8 nitrogen and oxygen atoms in total. The summed E-state index contributed by atoms with van der Waals surface area (Å²) < 4.78 is 53.4. The number of halogens is 1. The lowest BCUT2D eigenvalue weighted by molar-refractivity contribution is -0.114. The topological polar surface area (TPSA) is 113 Å². The number of hydrogen-bond donors (Lipinski definition) is 2. The molecule has 180 valence electrons. The molecule has 0 aliphatic carbocycles. The van der Waals surface area contributed by atoms with E-state index in [9.17, 15) is 21.6 Å². The summed E-state index contributed by atoms with van der Waals surface area (Å²) in [5.74, 6) is -0.574. The number of nitrogens with one attached hydrogen (secondary N) is 2. The van der Waals surface area contributed by atoms with E-state index < -0.39 is 32.5 Å². The van der Waals surface area contributed by atoms with Crippen molar-refractivity contribution >= 4 is 54.6 Å². The number of nitrogens with zero attached hydrogens (tertiary/aromatic N) is 1. The van der Waals surface area contributed by atoms with Crippen molar-refractivity contribution in [1.29, 1.82) is 0 Å². The van der Waals surface area contributed by atoms with Crippen molar-refractivity contribution in [1.82, 2.24) is 0 Å². The van der Waals surface area contributed by atoms with Crippen molar-refractivity contribution in [3.05, 3.63) is 82.9 Å². The monoisotopic (exact) mass is 521 g/mol. The lowest BCUT2D eigenvalue weighted by atomic mass is 10.2. The number of hydrogen-bond acceptors (Lipinski definition) is 5. The van der Waals surface area contributed by atoms with Crippen molar-refractivity contribution in [3.63, 3.8) is 0 Å². The summed E-state index contributed by atoms with van der Waals surface area (Å²) in [6, 6.07) is 17.2. The second kappa shape index (κ2) is 10.0. The van der Waals surface area contributed by atoms with Gasteiger partial charge >= 0.3 is 0 Å². The Balaban J connectivity index is 1.73. The third-order valence-corrected chi connectivity index (χ3v) is 7.87. The number of rotatable bonds is 8. The summed E-state index contributed by atoms with van der Waals surface area (Å²) in [7, 11) is -7.59. The fraction of sp³-hybridized carbons (Fsp3) is 0.174. The first kappa shape index (κ1) is 25.5. The lowest BCUT2D eigenvalue weighted by Crippen LogP contribution is -2.37. The van der Waals surface area contributed by atoms with Crippen molar-refractivity contribution in [2.24, 2.45) is 0 Å². The fourth-order valence-corrected chi connectivity index (χ4v) is 5.30. The molecule has 0 unspecified atom stereocenters. The Hall–Kier alpha value is -3.08. The van der Waals surface area contributed by atoms with E-state index in [1.807, 2.05) is 13.0 Å². The van der Waals surface area contributed by atoms with Crippen LogP contribution in [0, 0.1) is 13.8 Å². The van der Waals surface area contributed by atoms with Gasteiger partial charge in [0.05, 0.1) is 22.5 Å². The molecule has 2 N–H and O–H groups in total. The third-order valence-electron chi connectivity index (χ3n) is 4.94. The molecule has 0 saturated carbocycles. The quantitative estimate of drug-likeness (QED) is 0.462. The molecule has 3 rings (SSSR count). The molecule has 34 heavy (non-hydrogen) atoms. The number of amides is 1. The highest BCUT2D eigenvalue weighted by Gasteiger charge is 2.21. The van der Waals surface area contributed by atoms with Crippen LogP contribution < -0.4 is 14.3 Å². The van der Waals surface area contributed by atoms with Crippen LogP contribution >= 0.6 is 11.6 Å². The van der Waals surface area contributed by atoms with Gasteiger partial charge in [0.1, 0.15) is 6.54 Å². The van der Waals surface area contributed by atoms with Crippen molar-refractivity contribution in [3.8, 4) is 0 Å². The summed E-state index contributed by atoms with van der Waals surface area (Å²) in [6.07, 6.45) is 1.02. The summed E-state index contributed by atoms with van der Waals surface area (Å²) >= 11 is 6.05. The van der Waals surface area contributed by atoms with Crippen LogP contribution in [0.5, 0.6) is 0 Å². The SMILES string of the molecule is Cc1cccc(N(CC(=O)Nc2ccc(S(=O)(=O)Nc3cccc(Cl)c3C)cc2)S(C)(=O)=O)c1. The molecular formula is C23H24ClN3O5S2. The summed E-state index contributed by atoms with van der Waals surface area (Å²) in [5, 5.41) is 3.03. The predicted octanol–water partition coefficient (Wildman–Crippen LogP) is 4.16. The summed E-state index contributed by atoms with van der Waals surface area (Å²) in [4.78, 5) is 12.5. The number of benzene rings is 3. The average Bonchev–Trinajstić information content (AvgIpc) is 2.75. The number of carbonyl (C=O) groups is 1. The Bertz CT molecular complexity index is 1420. The van der Waals surface area contributed by atoms with Crippen LogP contribution in [0.2, 0.25) is 5.02 Å². The molecule has 0 atom stereocenters. The minimum absolute atomic E-state index is 0.0117. The number of anilines is 3. The van der Waals surface area contributed by atoms with E-state index in [2.05, 4.69) is 10.0 Å². The van der Waals surface area contributed by atoms with Gasteiger partial charge in [-0.2, -0.15) is 0 Å². The Morgan fingerprint density at radius 1 is 0.941 bits per heavy atom. The molecule has 0 fully saturated rings. The van der Waals surface area contributed by atoms with E-state index in [1.54, 1.807) is 43.3 Å². The maximum Gasteiger partial charge on any atom is 0.261 e. The van der Waals surface area contributed by atoms with E-state index >= 15 is 0 Å². The molecule has 0 heterocycles. The molecule has 0 aliphatic heterocycles. The maximum absolute atomic E-state index is 12.7. The Labute approximate surface area is 204 Å². The summed E-state index contributed by atoms with van der Waals surface area (Å²) in [6.45, 7) is 3.09. The van der Waals surface area contributed by atoms with Crippen molar-refractivity contribution in [2.45, 2.75) is 18.7 Å². The van der Waals surface area contributed by atoms with Crippen molar-refractivity contribution < 1.29 is 21.6 Å². The molecular weight excluding hydrogens is 498 g/mol.